The van der Waals surface area contributed by atoms with Gasteiger partial charge in [-0.1, -0.05) is 0 Å². The first-order valence-corrected chi connectivity index (χ1v) is 6.50. The molecule has 0 bridgehead atoms. The number of rotatable bonds is 8. The van der Waals surface area contributed by atoms with Crippen LogP contribution in [0.25, 0.3) is 0 Å². The Morgan fingerprint density at radius 1 is 0.895 bits per heavy atom. The maximum atomic E-state index is 12.0. The maximum absolute atomic E-state index is 12.0. The lowest BCUT2D eigenvalue weighted by molar-refractivity contribution is -0.162. The fraction of sp³-hybridized carbons (Fsp3) is 0.857. The Labute approximate surface area is 115 Å². The van der Waals surface area contributed by atoms with Crippen LogP contribution >= 0.6 is 0 Å². The van der Waals surface area contributed by atoms with Crippen LogP contribution in [0.3, 0.4) is 0 Å². The first kappa shape index (κ1) is 17.9. The Kier molecular flexibility index (Phi) is 7.05. The average molecular weight is 274 g/mol. The van der Waals surface area contributed by atoms with E-state index in [0.29, 0.717) is 19.6 Å². The molecule has 0 aromatic heterocycles. The van der Waals surface area contributed by atoms with Gasteiger partial charge in [0.05, 0.1) is 24.0 Å². The molecule has 0 aromatic rings. The van der Waals surface area contributed by atoms with Gasteiger partial charge in [0.25, 0.3) is 0 Å². The second-order valence-electron chi connectivity index (χ2n) is 5.79. The second-order valence-corrected chi connectivity index (χ2v) is 5.79. The molecule has 0 aliphatic rings. The van der Waals surface area contributed by atoms with Crippen molar-refractivity contribution in [3.05, 3.63) is 0 Å². The Hall–Kier alpha value is -1.10. The van der Waals surface area contributed by atoms with E-state index in [2.05, 4.69) is 0 Å². The highest BCUT2D eigenvalue weighted by Gasteiger charge is 2.40. The quantitative estimate of drug-likeness (QED) is 0.501. The summed E-state index contributed by atoms with van der Waals surface area (Å²) in [6.07, 6.45) is 0.366. The lowest BCUT2D eigenvalue weighted by Crippen LogP contribution is -2.37. The fourth-order valence-electron chi connectivity index (χ4n) is 1.99. The highest BCUT2D eigenvalue weighted by atomic mass is 16.6. The highest BCUT2D eigenvalue weighted by molar-refractivity contribution is 5.80. The zero-order valence-corrected chi connectivity index (χ0v) is 12.9. The fourth-order valence-corrected chi connectivity index (χ4v) is 1.99. The first-order chi connectivity index (χ1) is 8.67. The molecule has 0 aromatic carbocycles. The third-order valence-corrected chi connectivity index (χ3v) is 2.79. The van der Waals surface area contributed by atoms with Crippen molar-refractivity contribution in [1.29, 1.82) is 0 Å². The number of carbonyl (C=O) groups excluding carboxylic acids is 2. The molecule has 19 heavy (non-hydrogen) atoms. The summed E-state index contributed by atoms with van der Waals surface area (Å²) in [5.74, 6) is -0.630. The molecule has 112 valence electrons. The molecular weight excluding hydrogens is 248 g/mol. The molecule has 0 unspecified atom stereocenters. The van der Waals surface area contributed by atoms with Gasteiger partial charge in [-0.25, -0.2) is 0 Å². The minimum absolute atomic E-state index is 0.221. The van der Waals surface area contributed by atoms with E-state index < -0.39 is 10.8 Å². The zero-order valence-electron chi connectivity index (χ0n) is 12.9. The molecule has 0 saturated heterocycles. The van der Waals surface area contributed by atoms with Gasteiger partial charge in [-0.3, -0.25) is 9.59 Å². The number of hydrogen-bond acceptors (Lipinski definition) is 5. The van der Waals surface area contributed by atoms with Crippen LogP contribution in [0.1, 0.15) is 41.0 Å². The molecule has 0 fully saturated rings. The number of methoxy groups -OCH3 is 1. The van der Waals surface area contributed by atoms with Crippen LogP contribution in [0.15, 0.2) is 0 Å². The van der Waals surface area contributed by atoms with Gasteiger partial charge < -0.3 is 14.2 Å². The minimum atomic E-state index is -0.746. The van der Waals surface area contributed by atoms with Crippen molar-refractivity contribution in [3.8, 4) is 0 Å². The van der Waals surface area contributed by atoms with Gasteiger partial charge in [-0.15, -0.1) is 0 Å². The van der Waals surface area contributed by atoms with Crippen LogP contribution in [0.5, 0.6) is 0 Å². The van der Waals surface area contributed by atoms with Crippen molar-refractivity contribution < 1.29 is 23.8 Å². The number of hydrogen-bond donors (Lipinski definition) is 0. The van der Waals surface area contributed by atoms with Crippen LogP contribution < -0.4 is 0 Å². The molecule has 0 atom stereocenters. The van der Waals surface area contributed by atoms with E-state index in [1.165, 1.54) is 0 Å². The van der Waals surface area contributed by atoms with Crippen LogP contribution in [0.4, 0.5) is 0 Å². The Bertz CT molecular complexity index is 307. The summed E-state index contributed by atoms with van der Waals surface area (Å²) in [4.78, 5) is 23.8. The first-order valence-electron chi connectivity index (χ1n) is 6.50. The van der Waals surface area contributed by atoms with Crippen LogP contribution in [-0.4, -0.2) is 38.9 Å². The summed E-state index contributed by atoms with van der Waals surface area (Å²) in [6.45, 7) is 9.76. The normalized spacial score (nSPS) is 12.1. The summed E-state index contributed by atoms with van der Waals surface area (Å²) in [6, 6.07) is 0. The van der Waals surface area contributed by atoms with E-state index in [1.54, 1.807) is 41.7 Å². The summed E-state index contributed by atoms with van der Waals surface area (Å²) in [5, 5.41) is 0. The average Bonchev–Trinajstić information content (AvgIpc) is 2.28. The minimum Gasteiger partial charge on any atom is -0.466 e. The van der Waals surface area contributed by atoms with E-state index in [9.17, 15) is 9.59 Å². The summed E-state index contributed by atoms with van der Waals surface area (Å²) in [5.41, 5.74) is -1.47. The maximum Gasteiger partial charge on any atom is 0.311 e. The van der Waals surface area contributed by atoms with Gasteiger partial charge in [0, 0.05) is 7.11 Å². The second kappa shape index (κ2) is 7.48. The van der Waals surface area contributed by atoms with Crippen molar-refractivity contribution in [2.75, 3.05) is 26.9 Å². The molecule has 5 nitrogen and oxygen atoms in total. The smallest absolute Gasteiger partial charge is 0.311 e. The molecule has 0 rings (SSSR count). The molecule has 0 saturated carbocycles. The van der Waals surface area contributed by atoms with Crippen LogP contribution in [0, 0.1) is 10.8 Å². The largest absolute Gasteiger partial charge is 0.466 e. The summed E-state index contributed by atoms with van der Waals surface area (Å²) >= 11 is 0. The standard InChI is InChI=1S/C14H26O5/c1-7-18-11(15)13(2,3)10-14(4,5)12(16)19-9-8-17-6/h7-10H2,1-6H3. The number of esters is 2. The van der Waals surface area contributed by atoms with Crippen molar-refractivity contribution in [2.24, 2.45) is 10.8 Å². The van der Waals surface area contributed by atoms with Gasteiger partial charge in [0.1, 0.15) is 6.61 Å². The third-order valence-electron chi connectivity index (χ3n) is 2.79. The Morgan fingerprint density at radius 2 is 1.37 bits per heavy atom. The molecule has 0 spiro atoms. The molecule has 0 heterocycles. The molecule has 0 N–H and O–H groups in total. The molecule has 0 radical (unpaired) electrons. The Morgan fingerprint density at radius 3 is 1.79 bits per heavy atom. The van der Waals surface area contributed by atoms with Crippen LogP contribution in [0.2, 0.25) is 0 Å². The highest BCUT2D eigenvalue weighted by Crippen LogP contribution is 2.35. The molecular formula is C14H26O5. The number of carbonyl (C=O) groups is 2. The third kappa shape index (κ3) is 6.05. The topological polar surface area (TPSA) is 61.8 Å². The van der Waals surface area contributed by atoms with Gasteiger partial charge in [0.15, 0.2) is 0 Å². The van der Waals surface area contributed by atoms with Gasteiger partial charge >= 0.3 is 11.9 Å². The zero-order chi connectivity index (χ0) is 15.1. The SMILES string of the molecule is CCOC(=O)C(C)(C)CC(C)(C)C(=O)OCCOC. The van der Waals surface area contributed by atoms with E-state index in [0.717, 1.165) is 0 Å². The van der Waals surface area contributed by atoms with Gasteiger partial charge in [-0.05, 0) is 41.0 Å². The van der Waals surface area contributed by atoms with Crippen molar-refractivity contribution in [3.63, 3.8) is 0 Å². The predicted molar refractivity (Wildman–Crippen MR) is 71.6 cm³/mol. The van der Waals surface area contributed by atoms with Crippen LogP contribution in [-0.2, 0) is 23.8 Å². The van der Waals surface area contributed by atoms with E-state index >= 15 is 0 Å². The lowest BCUT2D eigenvalue weighted by atomic mass is 9.75. The lowest BCUT2D eigenvalue weighted by Gasteiger charge is -2.31. The monoisotopic (exact) mass is 274 g/mol. The molecule has 0 amide bonds. The van der Waals surface area contributed by atoms with E-state index in [1.807, 2.05) is 0 Å². The molecule has 5 heteroatoms. The summed E-state index contributed by atoms with van der Waals surface area (Å²) in [7, 11) is 1.54. The predicted octanol–water partition coefficient (Wildman–Crippen LogP) is 2.18. The van der Waals surface area contributed by atoms with Gasteiger partial charge in [0.2, 0.25) is 0 Å². The van der Waals surface area contributed by atoms with Crippen molar-refractivity contribution in [1.82, 2.24) is 0 Å². The van der Waals surface area contributed by atoms with E-state index in [-0.39, 0.29) is 18.5 Å². The number of ether oxygens (including phenoxy) is 3. The van der Waals surface area contributed by atoms with Crippen molar-refractivity contribution >= 4 is 11.9 Å². The Balaban J connectivity index is 4.56. The summed E-state index contributed by atoms with van der Waals surface area (Å²) < 4.78 is 15.0. The molecule has 0 aliphatic heterocycles. The van der Waals surface area contributed by atoms with Gasteiger partial charge in [-0.2, -0.15) is 0 Å². The molecule has 0 aliphatic carbocycles. The van der Waals surface area contributed by atoms with E-state index in [4.69, 9.17) is 14.2 Å². The van der Waals surface area contributed by atoms with Crippen molar-refractivity contribution in [2.45, 2.75) is 41.0 Å².